The maximum atomic E-state index is 4.64. The van der Waals surface area contributed by atoms with Gasteiger partial charge in [-0.15, -0.1) is 0 Å². The first-order valence-electron chi connectivity index (χ1n) is 12.0. The Morgan fingerprint density at radius 1 is 0.514 bits per heavy atom. The molecule has 5 nitrogen and oxygen atoms in total. The third-order valence-corrected chi connectivity index (χ3v) is 6.13. The first-order valence-corrected chi connectivity index (χ1v) is 12.0. The molecule has 0 saturated heterocycles. The van der Waals surface area contributed by atoms with E-state index < -0.39 is 0 Å². The number of nitrogens with zero attached hydrogens (tertiary/aromatic N) is 5. The van der Waals surface area contributed by atoms with E-state index in [9.17, 15) is 0 Å². The number of rotatable bonds is 10. The van der Waals surface area contributed by atoms with Crippen LogP contribution in [0.15, 0.2) is 97.7 Å². The molecule has 0 bridgehead atoms. The Kier molecular flexibility index (Phi) is 8.23. The summed E-state index contributed by atoms with van der Waals surface area (Å²) in [5, 5.41) is 0. The lowest BCUT2D eigenvalue weighted by molar-refractivity contribution is 0.316. The lowest BCUT2D eigenvalue weighted by atomic mass is 10.1. The second-order valence-electron chi connectivity index (χ2n) is 8.89. The van der Waals surface area contributed by atoms with Crippen LogP contribution < -0.4 is 0 Å². The highest BCUT2D eigenvalue weighted by Gasteiger charge is 2.11. The number of benzene rings is 1. The van der Waals surface area contributed by atoms with Gasteiger partial charge in [0, 0.05) is 37.5 Å². The number of aromatic nitrogens is 3. The van der Waals surface area contributed by atoms with Crippen LogP contribution in [0.3, 0.4) is 0 Å². The summed E-state index contributed by atoms with van der Waals surface area (Å²) in [5.41, 5.74) is 8.06. The van der Waals surface area contributed by atoms with E-state index in [1.165, 1.54) is 22.3 Å². The molecule has 0 radical (unpaired) electrons. The van der Waals surface area contributed by atoms with Crippen molar-refractivity contribution in [2.75, 3.05) is 0 Å². The lowest BCUT2D eigenvalue weighted by Gasteiger charge is -2.25. The second-order valence-corrected chi connectivity index (χ2v) is 8.89. The van der Waals surface area contributed by atoms with Crippen LogP contribution in [0.4, 0.5) is 0 Å². The van der Waals surface area contributed by atoms with Gasteiger partial charge in [-0.1, -0.05) is 48.5 Å². The molecular weight excluding hydrogens is 430 g/mol. The normalized spacial score (nSPS) is 11.1. The quantitative estimate of drug-likeness (QED) is 0.290. The van der Waals surface area contributed by atoms with Gasteiger partial charge in [0.15, 0.2) is 0 Å². The van der Waals surface area contributed by atoms with Gasteiger partial charge in [-0.25, -0.2) is 0 Å². The van der Waals surface area contributed by atoms with Crippen LogP contribution in [0, 0.1) is 20.8 Å². The van der Waals surface area contributed by atoms with E-state index >= 15 is 0 Å². The second kappa shape index (κ2) is 11.9. The standard InChI is InChI=1S/C30H33N5/c1-24-10-7-15-31-28(24)21-34(20-27-13-5-4-6-14-27)18-19-35(22-29-25(2)11-8-16-32-29)23-30-26(3)12-9-17-33-30/h4-19H,20-23H2,1-3H3. The van der Waals surface area contributed by atoms with Gasteiger partial charge in [-0.05, 0) is 61.2 Å². The molecule has 0 unspecified atom stereocenters. The van der Waals surface area contributed by atoms with Crippen molar-refractivity contribution in [2.45, 2.75) is 47.0 Å². The average Bonchev–Trinajstić information content (AvgIpc) is 2.87. The van der Waals surface area contributed by atoms with E-state index in [4.69, 9.17) is 0 Å². The van der Waals surface area contributed by atoms with Crippen molar-refractivity contribution in [1.82, 2.24) is 24.8 Å². The fraction of sp³-hybridized carbons (Fsp3) is 0.233. The van der Waals surface area contributed by atoms with Gasteiger partial charge in [0.05, 0.1) is 36.7 Å². The third-order valence-electron chi connectivity index (χ3n) is 6.13. The highest BCUT2D eigenvalue weighted by molar-refractivity contribution is 5.22. The Morgan fingerprint density at radius 2 is 0.914 bits per heavy atom. The minimum Gasteiger partial charge on any atom is -0.366 e. The van der Waals surface area contributed by atoms with Crippen molar-refractivity contribution in [2.24, 2.45) is 0 Å². The summed E-state index contributed by atoms with van der Waals surface area (Å²) in [6, 6.07) is 22.9. The molecule has 4 aromatic rings. The number of pyridine rings is 3. The van der Waals surface area contributed by atoms with Crippen LogP contribution in [0.5, 0.6) is 0 Å². The predicted octanol–water partition coefficient (Wildman–Crippen LogP) is 5.97. The van der Waals surface area contributed by atoms with Crippen molar-refractivity contribution in [3.05, 3.63) is 137 Å². The molecule has 0 aliphatic heterocycles. The van der Waals surface area contributed by atoms with Crippen molar-refractivity contribution >= 4 is 0 Å². The van der Waals surface area contributed by atoms with E-state index in [0.29, 0.717) is 13.1 Å². The van der Waals surface area contributed by atoms with Gasteiger partial charge in [-0.2, -0.15) is 0 Å². The summed E-state index contributed by atoms with van der Waals surface area (Å²) in [5.74, 6) is 0. The number of aryl methyl sites for hydroxylation is 3. The summed E-state index contributed by atoms with van der Waals surface area (Å²) in [6.07, 6.45) is 9.94. The first kappa shape index (κ1) is 24.1. The molecule has 1 aromatic carbocycles. The van der Waals surface area contributed by atoms with E-state index in [1.807, 2.05) is 36.8 Å². The molecule has 0 saturated carbocycles. The predicted molar refractivity (Wildman–Crippen MR) is 141 cm³/mol. The Labute approximate surface area is 208 Å². The van der Waals surface area contributed by atoms with Gasteiger partial charge in [0.1, 0.15) is 0 Å². The Balaban J connectivity index is 1.61. The number of hydrogen-bond acceptors (Lipinski definition) is 5. The zero-order valence-electron chi connectivity index (χ0n) is 20.8. The van der Waals surface area contributed by atoms with Gasteiger partial charge in [0.2, 0.25) is 0 Å². The van der Waals surface area contributed by atoms with E-state index in [2.05, 4.69) is 106 Å². The molecule has 0 N–H and O–H groups in total. The van der Waals surface area contributed by atoms with E-state index in [1.54, 1.807) is 0 Å². The minimum atomic E-state index is 0.709. The van der Waals surface area contributed by atoms with Crippen LogP contribution in [0.2, 0.25) is 0 Å². The minimum absolute atomic E-state index is 0.709. The lowest BCUT2D eigenvalue weighted by Crippen LogP contribution is -2.22. The molecule has 3 aromatic heterocycles. The van der Waals surface area contributed by atoms with E-state index in [0.717, 1.165) is 30.2 Å². The molecule has 5 heteroatoms. The average molecular weight is 464 g/mol. The van der Waals surface area contributed by atoms with Crippen LogP contribution in [0.1, 0.15) is 39.3 Å². The summed E-state index contributed by atoms with van der Waals surface area (Å²) in [7, 11) is 0. The Bertz CT molecular complexity index is 1200. The van der Waals surface area contributed by atoms with Crippen molar-refractivity contribution in [1.29, 1.82) is 0 Å². The maximum Gasteiger partial charge on any atom is 0.0625 e. The van der Waals surface area contributed by atoms with E-state index in [-0.39, 0.29) is 0 Å². The maximum absolute atomic E-state index is 4.64. The van der Waals surface area contributed by atoms with Crippen molar-refractivity contribution < 1.29 is 0 Å². The fourth-order valence-electron chi connectivity index (χ4n) is 3.96. The van der Waals surface area contributed by atoms with Crippen LogP contribution in [-0.4, -0.2) is 24.8 Å². The molecule has 4 rings (SSSR count). The smallest absolute Gasteiger partial charge is 0.0625 e. The summed E-state index contributed by atoms with van der Waals surface area (Å²) in [4.78, 5) is 18.5. The zero-order valence-corrected chi connectivity index (χ0v) is 20.8. The highest BCUT2D eigenvalue weighted by atomic mass is 15.2. The van der Waals surface area contributed by atoms with Crippen molar-refractivity contribution in [3.8, 4) is 0 Å². The largest absolute Gasteiger partial charge is 0.366 e. The van der Waals surface area contributed by atoms with Crippen LogP contribution in [0.25, 0.3) is 0 Å². The molecule has 0 atom stereocenters. The Hall–Kier alpha value is -3.99. The molecule has 178 valence electrons. The van der Waals surface area contributed by atoms with Crippen LogP contribution in [-0.2, 0) is 26.2 Å². The van der Waals surface area contributed by atoms with Crippen molar-refractivity contribution in [3.63, 3.8) is 0 Å². The summed E-state index contributed by atoms with van der Waals surface area (Å²) in [6.45, 7) is 9.29. The van der Waals surface area contributed by atoms with Gasteiger partial charge in [0.25, 0.3) is 0 Å². The number of hydrogen-bond donors (Lipinski definition) is 0. The molecule has 0 spiro atoms. The molecular formula is C30H33N5. The van der Waals surface area contributed by atoms with Gasteiger partial charge < -0.3 is 9.80 Å². The fourth-order valence-corrected chi connectivity index (χ4v) is 3.96. The van der Waals surface area contributed by atoms with Crippen LogP contribution >= 0.6 is 0 Å². The third kappa shape index (κ3) is 7.00. The molecule has 0 fully saturated rings. The molecule has 0 aliphatic rings. The molecule has 3 heterocycles. The summed E-state index contributed by atoms with van der Waals surface area (Å²) >= 11 is 0. The monoisotopic (exact) mass is 463 g/mol. The SMILES string of the molecule is Cc1cccnc1CN(C=CN(Cc1ncccc1C)Cc1ncccc1C)Cc1ccccc1. The topological polar surface area (TPSA) is 45.2 Å². The first-order chi connectivity index (χ1) is 17.1. The Morgan fingerprint density at radius 3 is 1.31 bits per heavy atom. The highest BCUT2D eigenvalue weighted by Crippen LogP contribution is 2.16. The molecule has 0 amide bonds. The zero-order chi connectivity index (χ0) is 24.5. The summed E-state index contributed by atoms with van der Waals surface area (Å²) < 4.78 is 0. The van der Waals surface area contributed by atoms with Gasteiger partial charge in [-0.3, -0.25) is 15.0 Å². The van der Waals surface area contributed by atoms with Gasteiger partial charge >= 0.3 is 0 Å². The molecule has 0 aliphatic carbocycles. The molecule has 35 heavy (non-hydrogen) atoms.